The van der Waals surface area contributed by atoms with Gasteiger partial charge in [0.25, 0.3) is 0 Å². The van der Waals surface area contributed by atoms with Crippen molar-refractivity contribution < 1.29 is 0 Å². The average molecular weight is 309 g/mol. The molecule has 0 bridgehead atoms. The second-order valence-corrected chi connectivity index (χ2v) is 8.14. The van der Waals surface area contributed by atoms with Crippen LogP contribution in [0.3, 0.4) is 0 Å². The molecule has 1 aliphatic heterocycles. The predicted molar refractivity (Wildman–Crippen MR) is 91.7 cm³/mol. The molecule has 2 rings (SSSR count). The average Bonchev–Trinajstić information content (AvgIpc) is 2.37. The molecular formula is C18H29ClN2. The van der Waals surface area contributed by atoms with Gasteiger partial charge in [-0.25, -0.2) is 0 Å². The number of rotatable bonds is 3. The highest BCUT2D eigenvalue weighted by Gasteiger charge is 2.36. The summed E-state index contributed by atoms with van der Waals surface area (Å²) in [6.45, 7) is 14.7. The molecule has 3 heteroatoms. The third-order valence-corrected chi connectivity index (χ3v) is 4.76. The van der Waals surface area contributed by atoms with Crippen LogP contribution in [0.5, 0.6) is 0 Å². The molecule has 1 N–H and O–H groups in total. The lowest BCUT2D eigenvalue weighted by atomic mass is 9.82. The minimum absolute atomic E-state index is 0.271. The Morgan fingerprint density at radius 2 is 2.05 bits per heavy atom. The molecule has 0 radical (unpaired) electrons. The van der Waals surface area contributed by atoms with E-state index in [2.05, 4.69) is 57.0 Å². The Balaban J connectivity index is 2.17. The summed E-state index contributed by atoms with van der Waals surface area (Å²) < 4.78 is 0. The molecule has 0 aromatic heterocycles. The Morgan fingerprint density at radius 3 is 2.62 bits per heavy atom. The molecule has 2 nitrogen and oxygen atoms in total. The molecule has 1 aromatic carbocycles. The highest BCUT2D eigenvalue weighted by atomic mass is 35.5. The quantitative estimate of drug-likeness (QED) is 0.901. The van der Waals surface area contributed by atoms with Gasteiger partial charge in [-0.1, -0.05) is 58.4 Å². The normalized spacial score (nSPS) is 24.5. The lowest BCUT2D eigenvalue weighted by molar-refractivity contribution is 0.0400. The van der Waals surface area contributed by atoms with Crippen molar-refractivity contribution in [1.82, 2.24) is 10.2 Å². The number of nitrogens with zero attached hydrogens (tertiary/aromatic N) is 1. The minimum Gasteiger partial charge on any atom is -0.311 e. The summed E-state index contributed by atoms with van der Waals surface area (Å²) in [5.41, 5.74) is 1.58. The third-order valence-electron chi connectivity index (χ3n) is 4.52. The zero-order chi connectivity index (χ0) is 15.6. The second-order valence-electron chi connectivity index (χ2n) is 7.70. The van der Waals surface area contributed by atoms with E-state index in [0.29, 0.717) is 18.0 Å². The van der Waals surface area contributed by atoms with Crippen LogP contribution in [0.4, 0.5) is 0 Å². The van der Waals surface area contributed by atoms with E-state index in [9.17, 15) is 0 Å². The standard InChI is InChI=1S/C18H29ClN2/c1-13(2)16-12-21(17(10-20-16)18(3,4)5)11-14-7-6-8-15(19)9-14/h6-9,13,16-17,20H,10-12H2,1-5H3. The van der Waals surface area contributed by atoms with Gasteiger partial charge in [0.15, 0.2) is 0 Å². The van der Waals surface area contributed by atoms with Gasteiger partial charge in [0.05, 0.1) is 0 Å². The molecule has 1 aromatic rings. The van der Waals surface area contributed by atoms with Crippen LogP contribution >= 0.6 is 11.6 Å². The number of hydrogen-bond acceptors (Lipinski definition) is 2. The molecule has 0 spiro atoms. The van der Waals surface area contributed by atoms with Gasteiger partial charge in [0.2, 0.25) is 0 Å². The van der Waals surface area contributed by atoms with Crippen LogP contribution < -0.4 is 5.32 Å². The topological polar surface area (TPSA) is 15.3 Å². The number of benzene rings is 1. The molecule has 2 unspecified atom stereocenters. The van der Waals surface area contributed by atoms with Crippen molar-refractivity contribution in [1.29, 1.82) is 0 Å². The largest absolute Gasteiger partial charge is 0.311 e. The molecule has 0 aliphatic carbocycles. The summed E-state index contributed by atoms with van der Waals surface area (Å²) in [6, 6.07) is 9.38. The summed E-state index contributed by atoms with van der Waals surface area (Å²) in [6.07, 6.45) is 0. The van der Waals surface area contributed by atoms with Crippen LogP contribution in [0.25, 0.3) is 0 Å². The summed E-state index contributed by atoms with van der Waals surface area (Å²) in [4.78, 5) is 2.63. The molecule has 2 atom stereocenters. The lowest BCUT2D eigenvalue weighted by Crippen LogP contribution is -2.61. The molecule has 21 heavy (non-hydrogen) atoms. The summed E-state index contributed by atoms with van der Waals surface area (Å²) in [5, 5.41) is 4.56. The second kappa shape index (κ2) is 6.68. The van der Waals surface area contributed by atoms with Gasteiger partial charge in [0, 0.05) is 36.7 Å². The molecule has 1 heterocycles. The van der Waals surface area contributed by atoms with Gasteiger partial charge >= 0.3 is 0 Å². The first kappa shape index (κ1) is 16.8. The van der Waals surface area contributed by atoms with Gasteiger partial charge < -0.3 is 5.32 Å². The summed E-state index contributed by atoms with van der Waals surface area (Å²) >= 11 is 6.14. The van der Waals surface area contributed by atoms with Gasteiger partial charge in [0.1, 0.15) is 0 Å². The van der Waals surface area contributed by atoms with E-state index in [1.807, 2.05) is 12.1 Å². The SMILES string of the molecule is CC(C)C1CN(Cc2cccc(Cl)c2)C(C(C)(C)C)CN1. The monoisotopic (exact) mass is 308 g/mol. The molecule has 1 aliphatic rings. The van der Waals surface area contributed by atoms with Crippen LogP contribution in [-0.4, -0.2) is 30.1 Å². The zero-order valence-electron chi connectivity index (χ0n) is 14.0. The van der Waals surface area contributed by atoms with Gasteiger partial charge in [-0.15, -0.1) is 0 Å². The first-order chi connectivity index (χ1) is 9.77. The first-order valence-corrected chi connectivity index (χ1v) is 8.37. The maximum absolute atomic E-state index is 6.14. The Morgan fingerprint density at radius 1 is 1.33 bits per heavy atom. The maximum atomic E-state index is 6.14. The van der Waals surface area contributed by atoms with Crippen LogP contribution in [0.2, 0.25) is 5.02 Å². The van der Waals surface area contributed by atoms with Gasteiger partial charge in [-0.05, 0) is 29.0 Å². The number of nitrogens with one attached hydrogen (secondary N) is 1. The fourth-order valence-corrected chi connectivity index (χ4v) is 3.39. The number of halogens is 1. The predicted octanol–water partition coefficient (Wildman–Crippen LogP) is 4.18. The highest BCUT2D eigenvalue weighted by Crippen LogP contribution is 2.29. The smallest absolute Gasteiger partial charge is 0.0409 e. The molecule has 118 valence electrons. The van der Waals surface area contributed by atoms with E-state index < -0.39 is 0 Å². The minimum atomic E-state index is 0.271. The lowest BCUT2D eigenvalue weighted by Gasteiger charge is -2.47. The van der Waals surface area contributed by atoms with Crippen molar-refractivity contribution in [2.75, 3.05) is 13.1 Å². The van der Waals surface area contributed by atoms with Crippen LogP contribution in [0.1, 0.15) is 40.2 Å². The molecule has 0 amide bonds. The van der Waals surface area contributed by atoms with Crippen LogP contribution in [-0.2, 0) is 6.54 Å². The van der Waals surface area contributed by atoms with Gasteiger partial charge in [-0.2, -0.15) is 0 Å². The number of piperazine rings is 1. The van der Waals surface area contributed by atoms with Crippen molar-refractivity contribution in [3.63, 3.8) is 0 Å². The fraction of sp³-hybridized carbons (Fsp3) is 0.667. The van der Waals surface area contributed by atoms with Crippen molar-refractivity contribution in [2.45, 2.75) is 53.2 Å². The maximum Gasteiger partial charge on any atom is 0.0409 e. The fourth-order valence-electron chi connectivity index (χ4n) is 3.18. The van der Waals surface area contributed by atoms with E-state index >= 15 is 0 Å². The van der Waals surface area contributed by atoms with Gasteiger partial charge in [-0.3, -0.25) is 4.90 Å². The Kier molecular flexibility index (Phi) is 5.34. The highest BCUT2D eigenvalue weighted by molar-refractivity contribution is 6.30. The Bertz CT molecular complexity index is 465. The third kappa shape index (κ3) is 4.45. The summed E-state index contributed by atoms with van der Waals surface area (Å²) in [7, 11) is 0. The van der Waals surface area contributed by atoms with E-state index in [4.69, 9.17) is 11.6 Å². The Labute approximate surface area is 134 Å². The molecule has 1 saturated heterocycles. The van der Waals surface area contributed by atoms with E-state index in [1.165, 1.54) is 5.56 Å². The summed E-state index contributed by atoms with van der Waals surface area (Å²) in [5.74, 6) is 0.660. The van der Waals surface area contributed by atoms with Crippen molar-refractivity contribution >= 4 is 11.6 Å². The van der Waals surface area contributed by atoms with E-state index in [-0.39, 0.29) is 5.41 Å². The van der Waals surface area contributed by atoms with Crippen molar-refractivity contribution in [3.8, 4) is 0 Å². The number of hydrogen-bond donors (Lipinski definition) is 1. The molecule has 1 fully saturated rings. The Hall–Kier alpha value is -0.570. The van der Waals surface area contributed by atoms with Crippen molar-refractivity contribution in [2.24, 2.45) is 11.3 Å². The first-order valence-electron chi connectivity index (χ1n) is 7.99. The van der Waals surface area contributed by atoms with Crippen LogP contribution in [0.15, 0.2) is 24.3 Å². The van der Waals surface area contributed by atoms with Crippen LogP contribution in [0, 0.1) is 11.3 Å². The van der Waals surface area contributed by atoms with E-state index in [1.54, 1.807) is 0 Å². The van der Waals surface area contributed by atoms with Crippen molar-refractivity contribution in [3.05, 3.63) is 34.9 Å². The van der Waals surface area contributed by atoms with E-state index in [0.717, 1.165) is 24.7 Å². The molecule has 0 saturated carbocycles. The zero-order valence-corrected chi connectivity index (χ0v) is 14.7. The molecular weight excluding hydrogens is 280 g/mol.